The normalized spacial score (nSPS) is 26.6. The van der Waals surface area contributed by atoms with E-state index < -0.39 is 62.5 Å². The Kier molecular flexibility index (Phi) is 8.61. The van der Waals surface area contributed by atoms with Gasteiger partial charge < -0.3 is 44.4 Å². The molecule has 1 aromatic carbocycles. The van der Waals surface area contributed by atoms with Crippen molar-refractivity contribution in [2.24, 2.45) is 0 Å². The highest BCUT2D eigenvalue weighted by molar-refractivity contribution is 5.70. The summed E-state index contributed by atoms with van der Waals surface area (Å²) in [5.74, 6) is -1.02. The molecule has 1 aromatic rings. The largest absolute Gasteiger partial charge is 0.467 e. The number of aliphatic hydroxyl groups excluding tert-OH is 2. The number of ether oxygens (including phenoxy) is 6. The van der Waals surface area contributed by atoms with Gasteiger partial charge in [-0.3, -0.25) is 0 Å². The van der Waals surface area contributed by atoms with Crippen LogP contribution in [-0.4, -0.2) is 86.9 Å². The molecule has 29 heavy (non-hydrogen) atoms. The Hall–Kier alpha value is -2.44. The van der Waals surface area contributed by atoms with Crippen molar-refractivity contribution in [1.29, 1.82) is 0 Å². The second-order valence-corrected chi connectivity index (χ2v) is 6.11. The minimum atomic E-state index is -1.43. The van der Waals surface area contributed by atoms with Crippen LogP contribution >= 0.6 is 0 Å². The summed E-state index contributed by atoms with van der Waals surface area (Å²) in [5, 5.41) is 20.4. The minimum Gasteiger partial charge on any atom is -0.467 e. The highest BCUT2D eigenvalue weighted by Crippen LogP contribution is 2.28. The number of nitrogen functional groups attached to an aromatic ring is 1. The highest BCUT2D eigenvalue weighted by Gasteiger charge is 2.48. The first kappa shape index (κ1) is 22.8. The predicted octanol–water partition coefficient (Wildman–Crippen LogP) is -1.16. The van der Waals surface area contributed by atoms with Crippen molar-refractivity contribution in [2.45, 2.75) is 30.7 Å². The summed E-state index contributed by atoms with van der Waals surface area (Å²) in [4.78, 5) is 22.9. The van der Waals surface area contributed by atoms with Crippen molar-refractivity contribution >= 4 is 17.6 Å². The van der Waals surface area contributed by atoms with Gasteiger partial charge in [-0.05, 0) is 24.3 Å². The smallest absolute Gasteiger partial charge is 0.331 e. The zero-order chi connectivity index (χ0) is 21.4. The number of rotatable bonds is 9. The molecule has 0 amide bonds. The van der Waals surface area contributed by atoms with Crippen LogP contribution in [0.2, 0.25) is 0 Å². The molecular formula is C18H25NO10. The number of hydrogen-bond donors (Lipinski definition) is 3. The summed E-state index contributed by atoms with van der Waals surface area (Å²) < 4.78 is 31.2. The Morgan fingerprint density at radius 2 is 1.59 bits per heavy atom. The minimum absolute atomic E-state index is 0.348. The van der Waals surface area contributed by atoms with E-state index in [4.69, 9.17) is 24.7 Å². The van der Waals surface area contributed by atoms with Gasteiger partial charge in [-0.15, -0.1) is 0 Å². The lowest BCUT2D eigenvalue weighted by Crippen LogP contribution is -2.62. The Bertz CT molecular complexity index is 667. The molecule has 11 nitrogen and oxygen atoms in total. The van der Waals surface area contributed by atoms with Gasteiger partial charge in [0.05, 0.1) is 20.8 Å². The third-order valence-corrected chi connectivity index (χ3v) is 4.17. The van der Waals surface area contributed by atoms with Gasteiger partial charge in [0.25, 0.3) is 0 Å². The zero-order valence-corrected chi connectivity index (χ0v) is 16.1. The number of esters is 2. The third kappa shape index (κ3) is 6.27. The van der Waals surface area contributed by atoms with Crippen molar-refractivity contribution in [2.75, 3.05) is 39.8 Å². The molecule has 5 unspecified atom stereocenters. The molecule has 11 heteroatoms. The van der Waals surface area contributed by atoms with Crippen LogP contribution in [-0.2, 0) is 33.3 Å². The van der Waals surface area contributed by atoms with Gasteiger partial charge in [-0.1, -0.05) is 0 Å². The van der Waals surface area contributed by atoms with Crippen LogP contribution in [0.1, 0.15) is 0 Å². The predicted molar refractivity (Wildman–Crippen MR) is 96.7 cm³/mol. The van der Waals surface area contributed by atoms with Crippen LogP contribution in [0, 0.1) is 0 Å². The van der Waals surface area contributed by atoms with E-state index in [1.807, 2.05) is 0 Å². The lowest BCUT2D eigenvalue weighted by molar-refractivity contribution is -0.293. The molecule has 0 bridgehead atoms. The lowest BCUT2D eigenvalue weighted by atomic mass is 9.98. The summed E-state index contributed by atoms with van der Waals surface area (Å²) in [7, 11) is 2.37. The van der Waals surface area contributed by atoms with E-state index in [-0.39, 0.29) is 0 Å². The molecule has 5 atom stereocenters. The number of benzene rings is 1. The Labute approximate surface area is 167 Å². The average Bonchev–Trinajstić information content (AvgIpc) is 2.73. The molecule has 1 fully saturated rings. The summed E-state index contributed by atoms with van der Waals surface area (Å²) in [6, 6.07) is 6.34. The summed E-state index contributed by atoms with van der Waals surface area (Å²) >= 11 is 0. The summed E-state index contributed by atoms with van der Waals surface area (Å²) in [6.07, 6.45) is -5.97. The van der Waals surface area contributed by atoms with E-state index in [0.717, 1.165) is 0 Å². The SMILES string of the molecule is COC(=O)COC1C(CO)OC(Oc2ccc(N)cc2)C(O)C1OCC(=O)OC. The molecule has 0 aromatic heterocycles. The van der Waals surface area contributed by atoms with E-state index >= 15 is 0 Å². The lowest BCUT2D eigenvalue weighted by Gasteiger charge is -2.43. The topological polar surface area (TPSA) is 156 Å². The fraction of sp³-hybridized carbons (Fsp3) is 0.556. The highest BCUT2D eigenvalue weighted by atomic mass is 16.7. The molecular weight excluding hydrogens is 390 g/mol. The van der Waals surface area contributed by atoms with Crippen molar-refractivity contribution in [3.05, 3.63) is 24.3 Å². The number of carbonyl (C=O) groups excluding carboxylic acids is 2. The maximum atomic E-state index is 11.5. The fourth-order valence-corrected chi connectivity index (χ4v) is 2.66. The monoisotopic (exact) mass is 415 g/mol. The zero-order valence-electron chi connectivity index (χ0n) is 16.1. The fourth-order valence-electron chi connectivity index (χ4n) is 2.66. The van der Waals surface area contributed by atoms with Crippen LogP contribution in [0.4, 0.5) is 5.69 Å². The number of nitrogens with two attached hydrogens (primary N) is 1. The van der Waals surface area contributed by atoms with Gasteiger partial charge in [0.15, 0.2) is 0 Å². The number of methoxy groups -OCH3 is 2. The molecule has 162 valence electrons. The van der Waals surface area contributed by atoms with E-state index in [9.17, 15) is 19.8 Å². The Morgan fingerprint density at radius 1 is 1.03 bits per heavy atom. The van der Waals surface area contributed by atoms with Crippen molar-refractivity contribution < 1.29 is 48.2 Å². The molecule has 1 heterocycles. The quantitative estimate of drug-likeness (QED) is 0.330. The van der Waals surface area contributed by atoms with Gasteiger partial charge in [-0.2, -0.15) is 0 Å². The van der Waals surface area contributed by atoms with E-state index in [1.165, 1.54) is 14.2 Å². The van der Waals surface area contributed by atoms with Gasteiger partial charge in [-0.25, -0.2) is 9.59 Å². The molecule has 0 saturated carbocycles. The first-order chi connectivity index (χ1) is 13.9. The molecule has 1 saturated heterocycles. The first-order valence-electron chi connectivity index (χ1n) is 8.73. The van der Waals surface area contributed by atoms with Crippen LogP contribution in [0.5, 0.6) is 5.75 Å². The van der Waals surface area contributed by atoms with Gasteiger partial charge in [0.2, 0.25) is 6.29 Å². The van der Waals surface area contributed by atoms with Gasteiger partial charge in [0, 0.05) is 5.69 Å². The number of carbonyl (C=O) groups is 2. The van der Waals surface area contributed by atoms with Crippen LogP contribution in [0.3, 0.4) is 0 Å². The molecule has 0 spiro atoms. The molecule has 0 radical (unpaired) electrons. The van der Waals surface area contributed by atoms with Crippen molar-refractivity contribution in [3.8, 4) is 5.75 Å². The third-order valence-electron chi connectivity index (χ3n) is 4.17. The first-order valence-corrected chi connectivity index (χ1v) is 8.73. The Balaban J connectivity index is 2.18. The number of aliphatic hydroxyl groups is 2. The van der Waals surface area contributed by atoms with E-state index in [0.29, 0.717) is 11.4 Å². The number of hydrogen-bond acceptors (Lipinski definition) is 11. The summed E-state index contributed by atoms with van der Waals surface area (Å²) in [5.41, 5.74) is 6.15. The van der Waals surface area contributed by atoms with Crippen molar-refractivity contribution in [1.82, 2.24) is 0 Å². The molecule has 4 N–H and O–H groups in total. The molecule has 0 aliphatic carbocycles. The van der Waals surface area contributed by atoms with E-state index in [1.54, 1.807) is 24.3 Å². The average molecular weight is 415 g/mol. The summed E-state index contributed by atoms with van der Waals surface area (Å²) in [6.45, 7) is -1.50. The van der Waals surface area contributed by atoms with Gasteiger partial charge >= 0.3 is 11.9 Å². The van der Waals surface area contributed by atoms with Crippen LogP contribution < -0.4 is 10.5 Å². The Morgan fingerprint density at radius 3 is 2.10 bits per heavy atom. The second kappa shape index (κ2) is 10.9. The number of anilines is 1. The van der Waals surface area contributed by atoms with E-state index in [2.05, 4.69) is 9.47 Å². The molecule has 1 aliphatic heterocycles. The van der Waals surface area contributed by atoms with Crippen LogP contribution in [0.15, 0.2) is 24.3 Å². The van der Waals surface area contributed by atoms with Gasteiger partial charge in [0.1, 0.15) is 43.4 Å². The molecule has 2 rings (SSSR count). The molecule has 1 aliphatic rings. The standard InChI is InChI=1S/C18H25NO10/c1-24-13(21)8-26-16-12(7-20)29-18(28-11-5-3-10(19)4-6-11)15(23)17(16)27-9-14(22)25-2/h3-6,12,15-18,20,23H,7-9,19H2,1-2H3. The maximum absolute atomic E-state index is 11.5. The van der Waals surface area contributed by atoms with Crippen molar-refractivity contribution in [3.63, 3.8) is 0 Å². The second-order valence-electron chi connectivity index (χ2n) is 6.11. The maximum Gasteiger partial charge on any atom is 0.331 e. The van der Waals surface area contributed by atoms with Crippen LogP contribution in [0.25, 0.3) is 0 Å².